The van der Waals surface area contributed by atoms with Crippen molar-refractivity contribution < 1.29 is 9.90 Å². The number of rotatable bonds is 4. The van der Waals surface area contributed by atoms with Crippen LogP contribution in [0.1, 0.15) is 15.9 Å². The topological polar surface area (TPSA) is 68.0 Å². The van der Waals surface area contributed by atoms with Crippen molar-refractivity contribution >= 4 is 5.97 Å². The van der Waals surface area contributed by atoms with Gasteiger partial charge in [0.2, 0.25) is 0 Å². The van der Waals surface area contributed by atoms with E-state index in [1.807, 2.05) is 35.0 Å². The third kappa shape index (κ3) is 2.67. The number of imidazole rings is 1. The van der Waals surface area contributed by atoms with Gasteiger partial charge in [-0.2, -0.15) is 0 Å². The lowest BCUT2D eigenvalue weighted by Crippen LogP contribution is -2.07. The standard InChI is InChI=1S/C16H13N3O2/c20-16(21)14-6-2-1-4-13(14)11-19-9-8-18-15(19)12-5-3-7-17-10-12/h1-10H,11H2,(H,20,21). The molecular weight excluding hydrogens is 266 g/mol. The highest BCUT2D eigenvalue weighted by molar-refractivity contribution is 5.89. The number of carboxylic acid groups (broad SMARTS) is 1. The smallest absolute Gasteiger partial charge is 0.336 e. The molecule has 0 fully saturated rings. The van der Waals surface area contributed by atoms with E-state index in [1.165, 1.54) is 0 Å². The van der Waals surface area contributed by atoms with Crippen LogP contribution in [0.4, 0.5) is 0 Å². The van der Waals surface area contributed by atoms with E-state index < -0.39 is 5.97 Å². The van der Waals surface area contributed by atoms with E-state index in [2.05, 4.69) is 9.97 Å². The summed E-state index contributed by atoms with van der Waals surface area (Å²) in [7, 11) is 0. The second kappa shape index (κ2) is 5.58. The summed E-state index contributed by atoms with van der Waals surface area (Å²) in [5.74, 6) is -0.156. The molecule has 0 spiro atoms. The lowest BCUT2D eigenvalue weighted by Gasteiger charge is -2.10. The zero-order chi connectivity index (χ0) is 14.7. The fourth-order valence-electron chi connectivity index (χ4n) is 2.24. The Labute approximate surface area is 121 Å². The molecule has 2 heterocycles. The zero-order valence-corrected chi connectivity index (χ0v) is 11.2. The Hall–Kier alpha value is -2.95. The van der Waals surface area contributed by atoms with Crippen molar-refractivity contribution in [3.63, 3.8) is 0 Å². The maximum Gasteiger partial charge on any atom is 0.336 e. The minimum Gasteiger partial charge on any atom is -0.478 e. The van der Waals surface area contributed by atoms with Crippen molar-refractivity contribution in [3.05, 3.63) is 72.3 Å². The molecule has 0 saturated heterocycles. The molecule has 5 heteroatoms. The van der Waals surface area contributed by atoms with Crippen LogP contribution in [0, 0.1) is 0 Å². The van der Waals surface area contributed by atoms with E-state index in [4.69, 9.17) is 0 Å². The predicted octanol–water partition coefficient (Wildman–Crippen LogP) is 2.69. The molecule has 0 radical (unpaired) electrons. The van der Waals surface area contributed by atoms with Crippen molar-refractivity contribution in [2.75, 3.05) is 0 Å². The normalized spacial score (nSPS) is 10.5. The van der Waals surface area contributed by atoms with E-state index in [0.29, 0.717) is 12.1 Å². The molecule has 5 nitrogen and oxygen atoms in total. The number of benzene rings is 1. The van der Waals surface area contributed by atoms with Crippen molar-refractivity contribution in [2.45, 2.75) is 6.54 Å². The maximum atomic E-state index is 11.3. The lowest BCUT2D eigenvalue weighted by atomic mass is 10.1. The summed E-state index contributed by atoms with van der Waals surface area (Å²) >= 11 is 0. The molecule has 0 aliphatic carbocycles. The summed E-state index contributed by atoms with van der Waals surface area (Å²) in [6.07, 6.45) is 6.98. The van der Waals surface area contributed by atoms with Crippen LogP contribution in [0.2, 0.25) is 0 Å². The second-order valence-electron chi connectivity index (χ2n) is 4.58. The number of hydrogen-bond acceptors (Lipinski definition) is 3. The molecule has 0 aliphatic rings. The SMILES string of the molecule is O=C(O)c1ccccc1Cn1ccnc1-c1cccnc1. The largest absolute Gasteiger partial charge is 0.478 e. The highest BCUT2D eigenvalue weighted by atomic mass is 16.4. The van der Waals surface area contributed by atoms with Crippen molar-refractivity contribution in [1.82, 2.24) is 14.5 Å². The minimum atomic E-state index is -0.923. The summed E-state index contributed by atoms with van der Waals surface area (Å²) in [6.45, 7) is 0.451. The first-order valence-corrected chi connectivity index (χ1v) is 6.48. The van der Waals surface area contributed by atoms with Crippen LogP contribution in [0.25, 0.3) is 11.4 Å². The average Bonchev–Trinajstić information content (AvgIpc) is 2.96. The summed E-state index contributed by atoms with van der Waals surface area (Å²) < 4.78 is 1.92. The van der Waals surface area contributed by atoms with Gasteiger partial charge in [0.05, 0.1) is 5.56 Å². The summed E-state index contributed by atoms with van der Waals surface area (Å²) in [5.41, 5.74) is 1.95. The van der Waals surface area contributed by atoms with E-state index >= 15 is 0 Å². The molecule has 0 saturated carbocycles. The Morgan fingerprint density at radius 3 is 2.76 bits per heavy atom. The highest BCUT2D eigenvalue weighted by Crippen LogP contribution is 2.18. The van der Waals surface area contributed by atoms with Gasteiger partial charge in [0.25, 0.3) is 0 Å². The average molecular weight is 279 g/mol. The van der Waals surface area contributed by atoms with Gasteiger partial charge in [-0.25, -0.2) is 9.78 Å². The first kappa shape index (κ1) is 13.1. The number of nitrogens with zero attached hydrogens (tertiary/aromatic N) is 3. The second-order valence-corrected chi connectivity index (χ2v) is 4.58. The van der Waals surface area contributed by atoms with Crippen LogP contribution in [-0.2, 0) is 6.54 Å². The van der Waals surface area contributed by atoms with Gasteiger partial charge in [0.15, 0.2) is 0 Å². The predicted molar refractivity (Wildman–Crippen MR) is 78.0 cm³/mol. The molecule has 3 rings (SSSR count). The molecule has 0 amide bonds. The van der Waals surface area contributed by atoms with Gasteiger partial charge in [-0.05, 0) is 23.8 Å². The molecular formula is C16H13N3O2. The first-order valence-electron chi connectivity index (χ1n) is 6.48. The van der Waals surface area contributed by atoms with Crippen molar-refractivity contribution in [1.29, 1.82) is 0 Å². The Balaban J connectivity index is 1.98. The number of carboxylic acids is 1. The first-order chi connectivity index (χ1) is 10.3. The third-order valence-electron chi connectivity index (χ3n) is 3.22. The molecule has 2 aromatic heterocycles. The number of aromatic carboxylic acids is 1. The van der Waals surface area contributed by atoms with Gasteiger partial charge in [-0.15, -0.1) is 0 Å². The Morgan fingerprint density at radius 2 is 2.00 bits per heavy atom. The fourth-order valence-corrected chi connectivity index (χ4v) is 2.24. The molecule has 1 N–H and O–H groups in total. The van der Waals surface area contributed by atoms with Crippen LogP contribution < -0.4 is 0 Å². The van der Waals surface area contributed by atoms with Crippen molar-refractivity contribution in [2.24, 2.45) is 0 Å². The van der Waals surface area contributed by atoms with Gasteiger partial charge < -0.3 is 9.67 Å². The Morgan fingerprint density at radius 1 is 1.14 bits per heavy atom. The van der Waals surface area contributed by atoms with Gasteiger partial charge in [0, 0.05) is 36.9 Å². The van der Waals surface area contributed by atoms with Gasteiger partial charge >= 0.3 is 5.97 Å². The molecule has 0 unspecified atom stereocenters. The van der Waals surface area contributed by atoms with Crippen LogP contribution in [0.3, 0.4) is 0 Å². The number of pyridine rings is 1. The quantitative estimate of drug-likeness (QED) is 0.797. The monoisotopic (exact) mass is 279 g/mol. The Bertz CT molecular complexity index is 766. The van der Waals surface area contributed by atoms with Crippen LogP contribution >= 0.6 is 0 Å². The molecule has 0 atom stereocenters. The van der Waals surface area contributed by atoms with Gasteiger partial charge in [-0.1, -0.05) is 18.2 Å². The van der Waals surface area contributed by atoms with E-state index in [-0.39, 0.29) is 0 Å². The molecule has 0 bridgehead atoms. The molecule has 21 heavy (non-hydrogen) atoms. The zero-order valence-electron chi connectivity index (χ0n) is 11.2. The number of hydrogen-bond donors (Lipinski definition) is 1. The maximum absolute atomic E-state index is 11.3. The van der Waals surface area contributed by atoms with Crippen LogP contribution in [-0.4, -0.2) is 25.6 Å². The molecule has 3 aromatic rings. The highest BCUT2D eigenvalue weighted by Gasteiger charge is 2.12. The summed E-state index contributed by atoms with van der Waals surface area (Å²) in [4.78, 5) is 19.7. The number of carbonyl (C=O) groups is 1. The molecule has 0 aliphatic heterocycles. The summed E-state index contributed by atoms with van der Waals surface area (Å²) in [6, 6.07) is 10.8. The van der Waals surface area contributed by atoms with Crippen LogP contribution in [0.5, 0.6) is 0 Å². The fraction of sp³-hybridized carbons (Fsp3) is 0.0625. The van der Waals surface area contributed by atoms with Gasteiger partial charge in [0.1, 0.15) is 5.82 Å². The third-order valence-corrected chi connectivity index (χ3v) is 3.22. The van der Waals surface area contributed by atoms with E-state index in [0.717, 1.165) is 17.0 Å². The van der Waals surface area contributed by atoms with E-state index in [1.54, 1.807) is 30.7 Å². The van der Waals surface area contributed by atoms with E-state index in [9.17, 15) is 9.90 Å². The van der Waals surface area contributed by atoms with Gasteiger partial charge in [-0.3, -0.25) is 4.98 Å². The molecule has 1 aromatic carbocycles. The summed E-state index contributed by atoms with van der Waals surface area (Å²) in [5, 5.41) is 9.25. The van der Waals surface area contributed by atoms with Crippen molar-refractivity contribution in [3.8, 4) is 11.4 Å². The van der Waals surface area contributed by atoms with Crippen LogP contribution in [0.15, 0.2) is 61.2 Å². The number of aromatic nitrogens is 3. The Kier molecular flexibility index (Phi) is 3.47. The lowest BCUT2D eigenvalue weighted by molar-refractivity contribution is 0.0695. The minimum absolute atomic E-state index is 0.309. The molecule has 104 valence electrons.